The molecule has 0 unspecified atom stereocenters. The molecule has 1 fully saturated rings. The second kappa shape index (κ2) is 6.69. The number of likely N-dealkylation sites (tertiary alicyclic amines) is 1. The van der Waals surface area contributed by atoms with Crippen molar-refractivity contribution in [3.8, 4) is 5.75 Å². The molecule has 5 nitrogen and oxygen atoms in total. The highest BCUT2D eigenvalue weighted by molar-refractivity contribution is 6.30. The van der Waals surface area contributed by atoms with Crippen molar-refractivity contribution in [2.24, 2.45) is 7.05 Å². The molecule has 118 valence electrons. The van der Waals surface area contributed by atoms with Gasteiger partial charge in [-0.3, -0.25) is 9.58 Å². The fourth-order valence-corrected chi connectivity index (χ4v) is 2.96. The number of aliphatic hydroxyl groups excluding tert-OH is 1. The Morgan fingerprint density at radius 1 is 1.41 bits per heavy atom. The fourth-order valence-electron chi connectivity index (χ4n) is 2.75. The normalized spacial score (nSPS) is 22.1. The van der Waals surface area contributed by atoms with E-state index in [9.17, 15) is 5.11 Å². The molecule has 2 atom stereocenters. The van der Waals surface area contributed by atoms with Gasteiger partial charge in [-0.05, 0) is 24.1 Å². The SMILES string of the molecule is Cn1cc(O[C@@H]2CN(CCc3cccc(Cl)c3)C[C@H]2O)cn1. The average Bonchev–Trinajstić information content (AvgIpc) is 3.04. The van der Waals surface area contributed by atoms with Crippen LogP contribution in [0.25, 0.3) is 0 Å². The molecule has 1 aliphatic heterocycles. The summed E-state index contributed by atoms with van der Waals surface area (Å²) in [7, 11) is 1.84. The smallest absolute Gasteiger partial charge is 0.157 e. The van der Waals surface area contributed by atoms with Crippen LogP contribution >= 0.6 is 11.6 Å². The number of hydrogen-bond donors (Lipinski definition) is 1. The first-order chi connectivity index (χ1) is 10.6. The van der Waals surface area contributed by atoms with Crippen molar-refractivity contribution < 1.29 is 9.84 Å². The van der Waals surface area contributed by atoms with Gasteiger partial charge in [0.2, 0.25) is 0 Å². The van der Waals surface area contributed by atoms with Crippen LogP contribution in [-0.2, 0) is 13.5 Å². The summed E-state index contributed by atoms with van der Waals surface area (Å²) in [5.41, 5.74) is 1.21. The molecule has 2 aromatic rings. The average molecular weight is 322 g/mol. The Bertz CT molecular complexity index is 631. The maximum absolute atomic E-state index is 10.2. The zero-order chi connectivity index (χ0) is 15.5. The Hall–Kier alpha value is -1.56. The first-order valence-electron chi connectivity index (χ1n) is 7.40. The third-order valence-electron chi connectivity index (χ3n) is 3.89. The van der Waals surface area contributed by atoms with Gasteiger partial charge in [0.25, 0.3) is 0 Å². The molecule has 0 radical (unpaired) electrons. The number of aromatic nitrogens is 2. The van der Waals surface area contributed by atoms with Gasteiger partial charge in [-0.2, -0.15) is 5.10 Å². The summed E-state index contributed by atoms with van der Waals surface area (Å²) in [4.78, 5) is 2.21. The summed E-state index contributed by atoms with van der Waals surface area (Å²) >= 11 is 6.00. The molecule has 0 saturated carbocycles. The van der Waals surface area contributed by atoms with Crippen LogP contribution in [0.4, 0.5) is 0 Å². The van der Waals surface area contributed by atoms with E-state index in [4.69, 9.17) is 16.3 Å². The first kappa shape index (κ1) is 15.3. The maximum Gasteiger partial charge on any atom is 0.157 e. The largest absolute Gasteiger partial charge is 0.483 e. The monoisotopic (exact) mass is 321 g/mol. The number of nitrogens with zero attached hydrogens (tertiary/aromatic N) is 3. The van der Waals surface area contributed by atoms with Crippen LogP contribution in [0.5, 0.6) is 5.75 Å². The molecular formula is C16H20ClN3O2. The summed E-state index contributed by atoms with van der Waals surface area (Å²) in [6, 6.07) is 7.90. The van der Waals surface area contributed by atoms with E-state index in [2.05, 4.69) is 16.1 Å². The predicted octanol–water partition coefficient (Wildman–Crippen LogP) is 1.74. The molecule has 1 aromatic heterocycles. The number of aliphatic hydroxyl groups is 1. The minimum Gasteiger partial charge on any atom is -0.483 e. The molecule has 3 rings (SSSR count). The van der Waals surface area contributed by atoms with E-state index in [0.29, 0.717) is 12.3 Å². The lowest BCUT2D eigenvalue weighted by Crippen LogP contribution is -2.30. The summed E-state index contributed by atoms with van der Waals surface area (Å²) in [6.07, 6.45) is 3.71. The third-order valence-corrected chi connectivity index (χ3v) is 4.12. The number of β-amino-alcohol motifs (C(OH)–C–C–N with tert-alkyl or cyclic N) is 1. The van der Waals surface area contributed by atoms with E-state index in [-0.39, 0.29) is 6.10 Å². The summed E-state index contributed by atoms with van der Waals surface area (Å²) in [5, 5.41) is 15.0. The summed E-state index contributed by atoms with van der Waals surface area (Å²) in [5.74, 6) is 0.697. The van der Waals surface area contributed by atoms with Crippen molar-refractivity contribution in [3.05, 3.63) is 47.2 Å². The number of hydrogen-bond acceptors (Lipinski definition) is 4. The van der Waals surface area contributed by atoms with Gasteiger partial charge in [-0.15, -0.1) is 0 Å². The summed E-state index contributed by atoms with van der Waals surface area (Å²) < 4.78 is 7.50. The topological polar surface area (TPSA) is 50.5 Å². The second-order valence-corrected chi connectivity index (χ2v) is 6.15. The lowest BCUT2D eigenvalue weighted by molar-refractivity contribution is 0.0736. The minimum atomic E-state index is -0.473. The van der Waals surface area contributed by atoms with Gasteiger partial charge >= 0.3 is 0 Å². The van der Waals surface area contributed by atoms with Gasteiger partial charge in [-0.25, -0.2) is 0 Å². The van der Waals surface area contributed by atoms with Crippen molar-refractivity contribution >= 4 is 11.6 Å². The Balaban J connectivity index is 1.52. The molecule has 1 aromatic carbocycles. The van der Waals surface area contributed by atoms with Gasteiger partial charge in [-0.1, -0.05) is 23.7 Å². The van der Waals surface area contributed by atoms with E-state index in [1.807, 2.05) is 25.2 Å². The second-order valence-electron chi connectivity index (χ2n) is 5.71. The van der Waals surface area contributed by atoms with Crippen LogP contribution in [0.1, 0.15) is 5.56 Å². The van der Waals surface area contributed by atoms with Crippen LogP contribution in [0.2, 0.25) is 5.02 Å². The lowest BCUT2D eigenvalue weighted by atomic mass is 10.1. The van der Waals surface area contributed by atoms with Gasteiger partial charge in [0.1, 0.15) is 12.2 Å². The number of aryl methyl sites for hydroxylation is 1. The standard InChI is InChI=1S/C16H20ClN3O2/c1-19-9-14(8-18-19)22-16-11-20(10-15(16)21)6-5-12-3-2-4-13(17)7-12/h2-4,7-9,15-16,21H,5-6,10-11H2,1H3/t15-,16-/m1/s1. The summed E-state index contributed by atoms with van der Waals surface area (Å²) in [6.45, 7) is 2.23. The molecule has 6 heteroatoms. The van der Waals surface area contributed by atoms with Crippen molar-refractivity contribution in [2.75, 3.05) is 19.6 Å². The Morgan fingerprint density at radius 2 is 2.27 bits per heavy atom. The van der Waals surface area contributed by atoms with Gasteiger partial charge in [0, 0.05) is 31.7 Å². The molecule has 0 amide bonds. The van der Waals surface area contributed by atoms with Crippen LogP contribution in [0, 0.1) is 0 Å². The van der Waals surface area contributed by atoms with E-state index in [1.165, 1.54) is 5.56 Å². The number of ether oxygens (including phenoxy) is 1. The van der Waals surface area contributed by atoms with E-state index in [1.54, 1.807) is 17.1 Å². The van der Waals surface area contributed by atoms with Gasteiger partial charge in [0.05, 0.1) is 12.4 Å². The van der Waals surface area contributed by atoms with E-state index >= 15 is 0 Å². The lowest BCUT2D eigenvalue weighted by Gasteiger charge is -2.16. The molecule has 0 aliphatic carbocycles. The first-order valence-corrected chi connectivity index (χ1v) is 7.78. The van der Waals surface area contributed by atoms with Crippen molar-refractivity contribution in [2.45, 2.75) is 18.6 Å². The fraction of sp³-hybridized carbons (Fsp3) is 0.438. The Morgan fingerprint density at radius 3 is 3.00 bits per heavy atom. The maximum atomic E-state index is 10.2. The third kappa shape index (κ3) is 3.80. The van der Waals surface area contributed by atoms with Crippen LogP contribution < -0.4 is 4.74 Å². The quantitative estimate of drug-likeness (QED) is 0.911. The molecule has 0 bridgehead atoms. The van der Waals surface area contributed by atoms with Crippen molar-refractivity contribution in [1.29, 1.82) is 0 Å². The highest BCUT2D eigenvalue weighted by Gasteiger charge is 2.32. The number of benzene rings is 1. The van der Waals surface area contributed by atoms with Crippen molar-refractivity contribution in [1.82, 2.24) is 14.7 Å². The van der Waals surface area contributed by atoms with Crippen LogP contribution in [0.3, 0.4) is 0 Å². The van der Waals surface area contributed by atoms with Crippen LogP contribution in [0.15, 0.2) is 36.7 Å². The molecule has 0 spiro atoms. The molecular weight excluding hydrogens is 302 g/mol. The Labute approximate surface area is 135 Å². The number of halogens is 1. The predicted molar refractivity (Wildman–Crippen MR) is 85.2 cm³/mol. The molecule has 22 heavy (non-hydrogen) atoms. The minimum absolute atomic E-state index is 0.205. The van der Waals surface area contributed by atoms with Crippen LogP contribution in [-0.4, -0.2) is 51.6 Å². The van der Waals surface area contributed by atoms with E-state index < -0.39 is 6.10 Å². The molecule has 1 saturated heterocycles. The van der Waals surface area contributed by atoms with Crippen molar-refractivity contribution in [3.63, 3.8) is 0 Å². The highest BCUT2D eigenvalue weighted by atomic mass is 35.5. The van der Waals surface area contributed by atoms with Gasteiger partial charge < -0.3 is 9.84 Å². The molecule has 2 heterocycles. The number of rotatable bonds is 5. The zero-order valence-electron chi connectivity index (χ0n) is 12.5. The highest BCUT2D eigenvalue weighted by Crippen LogP contribution is 2.19. The van der Waals surface area contributed by atoms with E-state index in [0.717, 1.165) is 24.5 Å². The zero-order valence-corrected chi connectivity index (χ0v) is 13.3. The molecule has 1 N–H and O–H groups in total. The molecule has 1 aliphatic rings. The Kier molecular flexibility index (Phi) is 4.66. The van der Waals surface area contributed by atoms with Gasteiger partial charge in [0.15, 0.2) is 5.75 Å².